The predicted octanol–water partition coefficient (Wildman–Crippen LogP) is 3.12. The third-order valence-electron chi connectivity index (χ3n) is 6.16. The van der Waals surface area contributed by atoms with Gasteiger partial charge in [-0.05, 0) is 43.7 Å². The summed E-state index contributed by atoms with van der Waals surface area (Å²) in [5.74, 6) is 0.168. The van der Waals surface area contributed by atoms with Crippen LogP contribution in [0.4, 0.5) is 5.95 Å². The Hall–Kier alpha value is -4.18. The van der Waals surface area contributed by atoms with Gasteiger partial charge in [-0.1, -0.05) is 17.3 Å². The molecule has 4 aromatic heterocycles. The van der Waals surface area contributed by atoms with E-state index in [0.29, 0.717) is 35.3 Å². The molecule has 2 atom stereocenters. The van der Waals surface area contributed by atoms with Gasteiger partial charge in [-0.15, -0.1) is 0 Å². The van der Waals surface area contributed by atoms with Crippen LogP contribution in [0, 0.1) is 6.92 Å². The Labute approximate surface area is 202 Å². The molecule has 1 saturated heterocycles. The Bertz CT molecular complexity index is 1390. The average molecular weight is 472 g/mol. The number of likely N-dealkylation sites (tertiary alicyclic amines) is 1. The van der Waals surface area contributed by atoms with Crippen molar-refractivity contribution in [3.63, 3.8) is 0 Å². The van der Waals surface area contributed by atoms with Crippen molar-refractivity contribution < 1.29 is 14.4 Å². The van der Waals surface area contributed by atoms with E-state index in [2.05, 4.69) is 30.4 Å². The molecular weight excluding hydrogens is 446 g/mol. The minimum atomic E-state index is -1.70. The number of aromatic nitrogens is 5. The molecule has 5 rings (SSSR count). The molecule has 1 fully saturated rings. The fourth-order valence-electron chi connectivity index (χ4n) is 4.18. The van der Waals surface area contributed by atoms with E-state index >= 15 is 0 Å². The molecule has 178 valence electrons. The number of nitrogens with one attached hydrogen (secondary N) is 1. The third kappa shape index (κ3) is 4.24. The van der Waals surface area contributed by atoms with Crippen LogP contribution < -0.4 is 5.32 Å². The molecule has 2 N–H and O–H groups in total. The molecule has 0 radical (unpaired) electrons. The Balaban J connectivity index is 1.39. The monoisotopic (exact) mass is 471 g/mol. The van der Waals surface area contributed by atoms with Gasteiger partial charge >= 0.3 is 0 Å². The minimum absolute atomic E-state index is 0.0811. The summed E-state index contributed by atoms with van der Waals surface area (Å²) in [5, 5.41) is 18.2. The van der Waals surface area contributed by atoms with E-state index in [1.165, 1.54) is 4.90 Å². The summed E-state index contributed by atoms with van der Waals surface area (Å²) in [6, 6.07) is 12.6. The predicted molar refractivity (Wildman–Crippen MR) is 128 cm³/mol. The van der Waals surface area contributed by atoms with Gasteiger partial charge in [0.1, 0.15) is 5.69 Å². The zero-order chi connectivity index (χ0) is 24.6. The maximum Gasteiger partial charge on any atom is 0.262 e. The standard InChI is InChI=1S/C25H25N7O3/c1-15-6-5-11-26-22(15)16(2)28-24-27-12-9-19(30-24)17-7-4-8-18(29-17)20-14-21(35-31-20)25(34)10-13-32(3)23(25)33/h4-9,11-12,14,16,34H,10,13H2,1-3H3,(H,27,28,30)/t16-,25-/m1/s1. The van der Waals surface area contributed by atoms with Crippen molar-refractivity contribution in [1.82, 2.24) is 30.0 Å². The van der Waals surface area contributed by atoms with Crippen molar-refractivity contribution >= 4 is 11.9 Å². The molecule has 35 heavy (non-hydrogen) atoms. The van der Waals surface area contributed by atoms with Crippen LogP contribution >= 0.6 is 0 Å². The maximum atomic E-state index is 12.4. The fourth-order valence-corrected chi connectivity index (χ4v) is 4.18. The molecule has 0 bridgehead atoms. The van der Waals surface area contributed by atoms with E-state index in [9.17, 15) is 9.90 Å². The van der Waals surface area contributed by atoms with Gasteiger partial charge in [0.15, 0.2) is 5.76 Å². The Morgan fingerprint density at radius 3 is 2.57 bits per heavy atom. The van der Waals surface area contributed by atoms with Gasteiger partial charge in [-0.3, -0.25) is 9.78 Å². The number of hydrogen-bond donors (Lipinski definition) is 2. The smallest absolute Gasteiger partial charge is 0.262 e. The zero-order valence-corrected chi connectivity index (χ0v) is 19.6. The number of anilines is 1. The topological polar surface area (TPSA) is 130 Å². The Kier molecular flexibility index (Phi) is 5.73. The highest BCUT2D eigenvalue weighted by Gasteiger charge is 2.48. The van der Waals surface area contributed by atoms with Crippen LogP contribution in [0.25, 0.3) is 22.8 Å². The van der Waals surface area contributed by atoms with Crippen LogP contribution in [-0.2, 0) is 10.4 Å². The van der Waals surface area contributed by atoms with Crippen LogP contribution in [0.5, 0.6) is 0 Å². The number of aliphatic hydroxyl groups is 1. The summed E-state index contributed by atoms with van der Waals surface area (Å²) in [7, 11) is 1.64. The molecule has 4 aromatic rings. The Morgan fingerprint density at radius 2 is 1.83 bits per heavy atom. The molecule has 1 amide bonds. The van der Waals surface area contributed by atoms with E-state index in [4.69, 9.17) is 4.52 Å². The van der Waals surface area contributed by atoms with Crippen LogP contribution in [0.2, 0.25) is 0 Å². The fraction of sp³-hybridized carbons (Fsp3) is 0.280. The molecule has 10 nitrogen and oxygen atoms in total. The first-order valence-corrected chi connectivity index (χ1v) is 11.3. The van der Waals surface area contributed by atoms with E-state index in [1.807, 2.05) is 38.1 Å². The Morgan fingerprint density at radius 1 is 1.06 bits per heavy atom. The van der Waals surface area contributed by atoms with Crippen molar-refractivity contribution in [1.29, 1.82) is 0 Å². The lowest BCUT2D eigenvalue weighted by Crippen LogP contribution is -2.35. The van der Waals surface area contributed by atoms with E-state index in [1.54, 1.807) is 37.6 Å². The molecule has 1 aliphatic rings. The number of carbonyl (C=O) groups excluding carboxylic acids is 1. The van der Waals surface area contributed by atoms with E-state index in [-0.39, 0.29) is 18.2 Å². The summed E-state index contributed by atoms with van der Waals surface area (Å²) in [6.45, 7) is 4.47. The van der Waals surface area contributed by atoms with Gasteiger partial charge in [-0.25, -0.2) is 15.0 Å². The number of carbonyl (C=O) groups is 1. The first-order chi connectivity index (χ1) is 16.8. The first-order valence-electron chi connectivity index (χ1n) is 11.3. The maximum absolute atomic E-state index is 12.4. The van der Waals surface area contributed by atoms with Crippen LogP contribution in [-0.4, -0.2) is 54.6 Å². The average Bonchev–Trinajstić information content (AvgIpc) is 3.47. The van der Waals surface area contributed by atoms with Crippen molar-refractivity contribution in [2.24, 2.45) is 0 Å². The lowest BCUT2D eigenvalue weighted by Gasteiger charge is -2.16. The number of pyridine rings is 2. The first kappa shape index (κ1) is 22.6. The number of rotatable bonds is 6. The number of nitrogens with zero attached hydrogens (tertiary/aromatic N) is 6. The van der Waals surface area contributed by atoms with Gasteiger partial charge in [0.2, 0.25) is 11.5 Å². The van der Waals surface area contributed by atoms with Crippen LogP contribution in [0.1, 0.15) is 36.4 Å². The number of hydrogen-bond acceptors (Lipinski definition) is 9. The highest BCUT2D eigenvalue weighted by Crippen LogP contribution is 2.34. The summed E-state index contributed by atoms with van der Waals surface area (Å²) in [6.07, 6.45) is 3.68. The third-order valence-corrected chi connectivity index (χ3v) is 6.16. The summed E-state index contributed by atoms with van der Waals surface area (Å²) < 4.78 is 5.36. The van der Waals surface area contributed by atoms with Gasteiger partial charge < -0.3 is 19.8 Å². The molecule has 0 aliphatic carbocycles. The zero-order valence-electron chi connectivity index (χ0n) is 19.6. The summed E-state index contributed by atoms with van der Waals surface area (Å²) >= 11 is 0. The van der Waals surface area contributed by atoms with Gasteiger partial charge in [0.25, 0.3) is 5.91 Å². The van der Waals surface area contributed by atoms with Crippen molar-refractivity contribution in [2.45, 2.75) is 31.9 Å². The largest absolute Gasteiger partial charge is 0.373 e. The molecule has 0 spiro atoms. The second-order valence-corrected chi connectivity index (χ2v) is 8.66. The van der Waals surface area contributed by atoms with Crippen molar-refractivity contribution in [3.05, 3.63) is 71.9 Å². The van der Waals surface area contributed by atoms with Crippen molar-refractivity contribution in [2.75, 3.05) is 18.9 Å². The highest BCUT2D eigenvalue weighted by atomic mass is 16.5. The normalized spacial score (nSPS) is 18.6. The number of likely N-dealkylation sites (N-methyl/N-ethyl adjacent to an activating group) is 1. The molecule has 0 saturated carbocycles. The second-order valence-electron chi connectivity index (χ2n) is 8.66. The summed E-state index contributed by atoms with van der Waals surface area (Å²) in [4.78, 5) is 31.9. The molecule has 0 aromatic carbocycles. The van der Waals surface area contributed by atoms with Crippen LogP contribution in [0.3, 0.4) is 0 Å². The summed E-state index contributed by atoms with van der Waals surface area (Å²) in [5.41, 5.74) is 2.51. The number of aryl methyl sites for hydroxylation is 1. The quantitative estimate of drug-likeness (QED) is 0.435. The SMILES string of the molecule is Cc1cccnc1[C@@H](C)Nc1nccc(-c2cccc(-c3cc([C@]4(O)CCN(C)C4=O)on3)n2)n1. The lowest BCUT2D eigenvalue weighted by molar-refractivity contribution is -0.144. The van der Waals surface area contributed by atoms with Crippen LogP contribution in [0.15, 0.2) is 59.4 Å². The minimum Gasteiger partial charge on any atom is -0.373 e. The molecule has 1 aliphatic heterocycles. The van der Waals surface area contributed by atoms with Gasteiger partial charge in [0.05, 0.1) is 28.8 Å². The number of amides is 1. The van der Waals surface area contributed by atoms with Gasteiger partial charge in [0, 0.05) is 38.5 Å². The second kappa shape index (κ2) is 8.88. The molecule has 0 unspecified atom stereocenters. The highest BCUT2D eigenvalue weighted by molar-refractivity contribution is 5.87. The molecular formula is C25H25N7O3. The molecule has 5 heterocycles. The van der Waals surface area contributed by atoms with E-state index in [0.717, 1.165) is 11.3 Å². The molecule has 10 heteroatoms. The van der Waals surface area contributed by atoms with Gasteiger partial charge in [-0.2, -0.15) is 0 Å². The lowest BCUT2D eigenvalue weighted by atomic mass is 9.98. The van der Waals surface area contributed by atoms with E-state index < -0.39 is 11.5 Å². The van der Waals surface area contributed by atoms with Crippen molar-refractivity contribution in [3.8, 4) is 22.8 Å².